The zero-order valence-corrected chi connectivity index (χ0v) is 14.9. The van der Waals surface area contributed by atoms with Crippen LogP contribution >= 0.6 is 11.8 Å². The fourth-order valence-corrected chi connectivity index (χ4v) is 3.55. The van der Waals surface area contributed by atoms with Crippen LogP contribution in [-0.4, -0.2) is 39.4 Å². The third kappa shape index (κ3) is 4.08. The number of benzene rings is 1. The molecule has 0 atom stereocenters. The summed E-state index contributed by atoms with van der Waals surface area (Å²) >= 11 is 1.71. The highest BCUT2D eigenvalue weighted by Gasteiger charge is 2.27. The quantitative estimate of drug-likeness (QED) is 0.850. The summed E-state index contributed by atoms with van der Waals surface area (Å²) in [5.74, 6) is 1.96. The van der Waals surface area contributed by atoms with Gasteiger partial charge in [0.25, 0.3) is 0 Å². The standard InChI is InChI=1S/C18H24N2O2S/c1-18(2,3)23-12-16(21)20-10-8-13(9-11-20)17-19-14-6-4-5-7-15(14)22-17/h4-7,13H,8-12H2,1-3H3. The highest BCUT2D eigenvalue weighted by atomic mass is 32.2. The summed E-state index contributed by atoms with van der Waals surface area (Å²) in [7, 11) is 0. The number of aromatic nitrogens is 1. The van der Waals surface area contributed by atoms with Crippen molar-refractivity contribution in [1.82, 2.24) is 9.88 Å². The summed E-state index contributed by atoms with van der Waals surface area (Å²) in [4.78, 5) is 18.9. The molecule has 0 spiro atoms. The molecule has 1 aromatic carbocycles. The van der Waals surface area contributed by atoms with Crippen LogP contribution < -0.4 is 0 Å². The van der Waals surface area contributed by atoms with Gasteiger partial charge in [-0.1, -0.05) is 32.9 Å². The molecule has 1 fully saturated rings. The Morgan fingerprint density at radius 3 is 2.65 bits per heavy atom. The molecule has 1 aliphatic rings. The average Bonchev–Trinajstić information content (AvgIpc) is 2.96. The molecule has 0 N–H and O–H groups in total. The Kier molecular flexibility index (Phi) is 4.67. The lowest BCUT2D eigenvalue weighted by Gasteiger charge is -2.31. The topological polar surface area (TPSA) is 46.3 Å². The van der Waals surface area contributed by atoms with E-state index in [9.17, 15) is 4.79 Å². The molecule has 2 aromatic rings. The first-order valence-corrected chi connectivity index (χ1v) is 9.18. The van der Waals surface area contributed by atoms with Gasteiger partial charge in [-0.2, -0.15) is 0 Å². The van der Waals surface area contributed by atoms with Crippen LogP contribution in [0.3, 0.4) is 0 Å². The average molecular weight is 332 g/mol. The van der Waals surface area contributed by atoms with E-state index in [1.54, 1.807) is 11.8 Å². The van der Waals surface area contributed by atoms with Gasteiger partial charge in [0.15, 0.2) is 11.5 Å². The third-order valence-corrected chi connectivity index (χ3v) is 5.39. The number of thioether (sulfide) groups is 1. The van der Waals surface area contributed by atoms with Crippen molar-refractivity contribution in [3.8, 4) is 0 Å². The number of oxazole rings is 1. The maximum Gasteiger partial charge on any atom is 0.232 e. The lowest BCUT2D eigenvalue weighted by molar-refractivity contribution is -0.129. The van der Waals surface area contributed by atoms with Crippen molar-refractivity contribution in [2.45, 2.75) is 44.3 Å². The first-order chi connectivity index (χ1) is 10.9. The molecule has 1 amide bonds. The maximum atomic E-state index is 12.3. The molecule has 1 aromatic heterocycles. The number of carbonyl (C=O) groups excluding carboxylic acids is 1. The minimum absolute atomic E-state index is 0.131. The Hall–Kier alpha value is -1.49. The Bertz CT molecular complexity index is 649. The molecular weight excluding hydrogens is 308 g/mol. The van der Waals surface area contributed by atoms with Gasteiger partial charge in [0.1, 0.15) is 5.52 Å². The lowest BCUT2D eigenvalue weighted by atomic mass is 9.97. The predicted octanol–water partition coefficient (Wildman–Crippen LogP) is 4.07. The molecular formula is C18H24N2O2S. The summed E-state index contributed by atoms with van der Waals surface area (Å²) < 4.78 is 6.01. The van der Waals surface area contributed by atoms with Crippen LogP contribution in [-0.2, 0) is 4.79 Å². The normalized spacial score (nSPS) is 16.9. The van der Waals surface area contributed by atoms with Gasteiger partial charge in [-0.05, 0) is 25.0 Å². The molecule has 0 saturated carbocycles. The number of nitrogens with zero attached hydrogens (tertiary/aromatic N) is 2. The zero-order chi connectivity index (χ0) is 16.4. The number of hydrogen-bond donors (Lipinski definition) is 0. The van der Waals surface area contributed by atoms with Gasteiger partial charge in [0.2, 0.25) is 5.91 Å². The van der Waals surface area contributed by atoms with E-state index >= 15 is 0 Å². The number of para-hydroxylation sites is 2. The van der Waals surface area contributed by atoms with Crippen LogP contribution in [0, 0.1) is 0 Å². The Morgan fingerprint density at radius 1 is 1.30 bits per heavy atom. The van der Waals surface area contributed by atoms with Crippen LogP contribution in [0.15, 0.2) is 28.7 Å². The molecule has 5 heteroatoms. The molecule has 3 rings (SSSR count). The predicted molar refractivity (Wildman–Crippen MR) is 94.8 cm³/mol. The summed E-state index contributed by atoms with van der Waals surface area (Å²) in [6.07, 6.45) is 1.86. The van der Waals surface area contributed by atoms with Crippen LogP contribution in [0.1, 0.15) is 45.4 Å². The first kappa shape index (κ1) is 16.4. The van der Waals surface area contributed by atoms with E-state index in [4.69, 9.17) is 4.42 Å². The molecule has 2 heterocycles. The first-order valence-electron chi connectivity index (χ1n) is 8.19. The number of piperidine rings is 1. The number of carbonyl (C=O) groups is 1. The Labute approximate surface area is 141 Å². The zero-order valence-electron chi connectivity index (χ0n) is 14.0. The van der Waals surface area contributed by atoms with E-state index in [1.807, 2.05) is 29.2 Å². The van der Waals surface area contributed by atoms with Crippen molar-refractivity contribution >= 4 is 28.8 Å². The number of amides is 1. The van der Waals surface area contributed by atoms with Crippen LogP contribution in [0.5, 0.6) is 0 Å². The summed E-state index contributed by atoms with van der Waals surface area (Å²) in [6.45, 7) is 8.03. The molecule has 0 unspecified atom stereocenters. The summed E-state index contributed by atoms with van der Waals surface area (Å²) in [6, 6.07) is 7.87. The molecule has 1 aliphatic heterocycles. The SMILES string of the molecule is CC(C)(C)SCC(=O)N1CCC(c2nc3ccccc3o2)CC1. The van der Waals surface area contributed by atoms with Crippen molar-refractivity contribution in [2.24, 2.45) is 0 Å². The molecule has 1 saturated heterocycles. The second kappa shape index (κ2) is 6.56. The number of likely N-dealkylation sites (tertiary alicyclic amines) is 1. The van der Waals surface area contributed by atoms with Crippen molar-refractivity contribution < 1.29 is 9.21 Å². The highest BCUT2D eigenvalue weighted by Crippen LogP contribution is 2.30. The summed E-state index contributed by atoms with van der Waals surface area (Å²) in [5, 5.41) is 0. The molecule has 124 valence electrons. The van der Waals surface area contributed by atoms with Gasteiger partial charge in [-0.3, -0.25) is 4.79 Å². The smallest absolute Gasteiger partial charge is 0.232 e. The van der Waals surface area contributed by atoms with Gasteiger partial charge in [0.05, 0.1) is 5.75 Å². The van der Waals surface area contributed by atoms with Crippen molar-refractivity contribution in [3.63, 3.8) is 0 Å². The highest BCUT2D eigenvalue weighted by molar-refractivity contribution is 8.01. The number of fused-ring (bicyclic) bond motifs is 1. The maximum absolute atomic E-state index is 12.3. The van der Waals surface area contributed by atoms with Gasteiger partial charge in [-0.15, -0.1) is 11.8 Å². The lowest BCUT2D eigenvalue weighted by Crippen LogP contribution is -2.39. The molecule has 0 aliphatic carbocycles. The number of rotatable bonds is 3. The molecule has 4 nitrogen and oxygen atoms in total. The van der Waals surface area contributed by atoms with Crippen molar-refractivity contribution in [1.29, 1.82) is 0 Å². The van der Waals surface area contributed by atoms with E-state index in [0.717, 1.165) is 42.9 Å². The van der Waals surface area contributed by atoms with E-state index in [-0.39, 0.29) is 10.7 Å². The fraction of sp³-hybridized carbons (Fsp3) is 0.556. The molecule has 0 radical (unpaired) electrons. The van der Waals surface area contributed by atoms with Crippen LogP contribution in [0.4, 0.5) is 0 Å². The largest absolute Gasteiger partial charge is 0.440 e. The molecule has 0 bridgehead atoms. The fourth-order valence-electron chi connectivity index (χ4n) is 2.81. The minimum atomic E-state index is 0.131. The second-order valence-electron chi connectivity index (χ2n) is 7.08. The second-order valence-corrected chi connectivity index (χ2v) is 8.88. The van der Waals surface area contributed by atoms with E-state index in [0.29, 0.717) is 11.7 Å². The van der Waals surface area contributed by atoms with E-state index < -0.39 is 0 Å². The van der Waals surface area contributed by atoms with Crippen LogP contribution in [0.2, 0.25) is 0 Å². The summed E-state index contributed by atoms with van der Waals surface area (Å²) in [5.41, 5.74) is 1.77. The van der Waals surface area contributed by atoms with Gasteiger partial charge >= 0.3 is 0 Å². The Morgan fingerprint density at radius 2 is 2.00 bits per heavy atom. The van der Waals surface area contributed by atoms with E-state index in [2.05, 4.69) is 25.8 Å². The van der Waals surface area contributed by atoms with Gasteiger partial charge in [0, 0.05) is 23.8 Å². The van der Waals surface area contributed by atoms with Crippen molar-refractivity contribution in [2.75, 3.05) is 18.8 Å². The Balaban J connectivity index is 1.56. The van der Waals surface area contributed by atoms with Gasteiger partial charge < -0.3 is 9.32 Å². The van der Waals surface area contributed by atoms with E-state index in [1.165, 1.54) is 0 Å². The third-order valence-electron chi connectivity index (χ3n) is 4.14. The van der Waals surface area contributed by atoms with Crippen LogP contribution in [0.25, 0.3) is 11.1 Å². The molecule has 23 heavy (non-hydrogen) atoms. The number of hydrogen-bond acceptors (Lipinski definition) is 4. The van der Waals surface area contributed by atoms with Crippen molar-refractivity contribution in [3.05, 3.63) is 30.2 Å². The minimum Gasteiger partial charge on any atom is -0.440 e. The van der Waals surface area contributed by atoms with Gasteiger partial charge in [-0.25, -0.2) is 4.98 Å². The monoisotopic (exact) mass is 332 g/mol.